The second-order valence-electron chi connectivity index (χ2n) is 5.90. The van der Waals surface area contributed by atoms with Gasteiger partial charge in [0.15, 0.2) is 0 Å². The van der Waals surface area contributed by atoms with E-state index in [2.05, 4.69) is 48.2 Å². The summed E-state index contributed by atoms with van der Waals surface area (Å²) in [6.45, 7) is 3.51. The van der Waals surface area contributed by atoms with Crippen LogP contribution in [0.3, 0.4) is 0 Å². The molecule has 2 atom stereocenters. The van der Waals surface area contributed by atoms with Crippen LogP contribution >= 0.6 is 0 Å². The molecule has 21 heavy (non-hydrogen) atoms. The first-order valence-corrected chi connectivity index (χ1v) is 7.44. The van der Waals surface area contributed by atoms with E-state index in [-0.39, 0.29) is 11.9 Å². The molecule has 2 heterocycles. The normalized spacial score (nSPS) is 23.4. The molecule has 0 aliphatic carbocycles. The molecule has 3 heteroatoms. The first kappa shape index (κ1) is 12.5. The molecule has 3 nitrogen and oxygen atoms in total. The molecule has 2 aromatic carbocycles. The average molecular weight is 278 g/mol. The van der Waals surface area contributed by atoms with Gasteiger partial charge < -0.3 is 9.80 Å². The molecule has 0 radical (unpaired) electrons. The van der Waals surface area contributed by atoms with Crippen molar-refractivity contribution in [1.29, 1.82) is 0 Å². The molecule has 2 aromatic rings. The van der Waals surface area contributed by atoms with Crippen LogP contribution in [-0.2, 0) is 17.9 Å². The van der Waals surface area contributed by atoms with Crippen molar-refractivity contribution in [3.8, 4) is 0 Å². The molecule has 1 saturated heterocycles. The highest BCUT2D eigenvalue weighted by atomic mass is 16.2. The van der Waals surface area contributed by atoms with Crippen molar-refractivity contribution in [2.45, 2.75) is 32.1 Å². The van der Waals surface area contributed by atoms with Crippen LogP contribution in [0, 0.1) is 0 Å². The van der Waals surface area contributed by atoms with E-state index in [1.165, 1.54) is 16.8 Å². The van der Waals surface area contributed by atoms with Crippen LogP contribution in [0.2, 0.25) is 0 Å². The van der Waals surface area contributed by atoms with Crippen molar-refractivity contribution in [1.82, 2.24) is 4.90 Å². The van der Waals surface area contributed by atoms with Gasteiger partial charge >= 0.3 is 0 Å². The number of nitrogens with zero attached hydrogens (tertiary/aromatic N) is 2. The number of para-hydroxylation sites is 1. The van der Waals surface area contributed by atoms with Crippen molar-refractivity contribution in [3.63, 3.8) is 0 Å². The van der Waals surface area contributed by atoms with Gasteiger partial charge in [-0.05, 0) is 24.1 Å². The van der Waals surface area contributed by atoms with Gasteiger partial charge in [-0.25, -0.2) is 0 Å². The zero-order valence-electron chi connectivity index (χ0n) is 12.1. The molecule has 2 aliphatic heterocycles. The first-order valence-electron chi connectivity index (χ1n) is 7.44. The number of carbonyl (C=O) groups excluding carboxylic acids is 1. The van der Waals surface area contributed by atoms with E-state index in [9.17, 15) is 4.79 Å². The van der Waals surface area contributed by atoms with Gasteiger partial charge in [-0.1, -0.05) is 48.5 Å². The summed E-state index contributed by atoms with van der Waals surface area (Å²) in [6, 6.07) is 18.9. The number of rotatable bonds is 2. The lowest BCUT2D eigenvalue weighted by Gasteiger charge is -2.22. The lowest BCUT2D eigenvalue weighted by atomic mass is 10.1. The van der Waals surface area contributed by atoms with E-state index in [0.717, 1.165) is 0 Å². The maximum atomic E-state index is 12.8. The molecule has 0 saturated carbocycles. The highest BCUT2D eigenvalue weighted by Crippen LogP contribution is 2.41. The van der Waals surface area contributed by atoms with E-state index in [0.29, 0.717) is 19.1 Å². The number of hydrogen-bond acceptors (Lipinski definition) is 2. The maximum absolute atomic E-state index is 12.8. The zero-order valence-corrected chi connectivity index (χ0v) is 12.1. The lowest BCUT2D eigenvalue weighted by Crippen LogP contribution is -2.33. The summed E-state index contributed by atoms with van der Waals surface area (Å²) in [5.74, 6) is 0.252. The van der Waals surface area contributed by atoms with E-state index >= 15 is 0 Å². The molecule has 0 aromatic heterocycles. The Morgan fingerprint density at radius 2 is 1.76 bits per heavy atom. The fourth-order valence-electron chi connectivity index (χ4n) is 3.35. The standard InChI is InChI=1S/C18H18N2O/c1-13-17-18(21)19(11-14-7-3-2-4-8-14)12-15-9-5-6-10-16(15)20(13)17/h2-10,13,17H,11-12H2,1H3/t13-,17+,20?/m1/s1. The lowest BCUT2D eigenvalue weighted by molar-refractivity contribution is -0.131. The van der Waals surface area contributed by atoms with Crippen LogP contribution in [0.25, 0.3) is 0 Å². The molecule has 0 spiro atoms. The van der Waals surface area contributed by atoms with Crippen LogP contribution in [-0.4, -0.2) is 22.9 Å². The molecular weight excluding hydrogens is 260 g/mol. The first-order chi connectivity index (χ1) is 10.3. The average Bonchev–Trinajstić information content (AvgIpc) is 3.20. The summed E-state index contributed by atoms with van der Waals surface area (Å²) in [5.41, 5.74) is 3.65. The molecule has 0 N–H and O–H groups in total. The fraction of sp³-hybridized carbons (Fsp3) is 0.278. The Kier molecular flexibility index (Phi) is 2.74. The van der Waals surface area contributed by atoms with E-state index in [4.69, 9.17) is 0 Å². The topological polar surface area (TPSA) is 23.3 Å². The second-order valence-corrected chi connectivity index (χ2v) is 5.90. The number of hydrogen-bond donors (Lipinski definition) is 0. The Morgan fingerprint density at radius 1 is 1.05 bits per heavy atom. The predicted molar refractivity (Wildman–Crippen MR) is 82.9 cm³/mol. The quantitative estimate of drug-likeness (QED) is 0.789. The Morgan fingerprint density at radius 3 is 2.57 bits per heavy atom. The summed E-state index contributed by atoms with van der Waals surface area (Å²) in [4.78, 5) is 17.0. The van der Waals surface area contributed by atoms with Crippen LogP contribution in [0.1, 0.15) is 18.1 Å². The van der Waals surface area contributed by atoms with Crippen LogP contribution in [0.4, 0.5) is 5.69 Å². The number of amides is 1. The molecule has 4 rings (SSSR count). The second kappa shape index (κ2) is 4.62. The minimum atomic E-state index is 0.0253. The largest absolute Gasteiger partial charge is 0.352 e. The van der Waals surface area contributed by atoms with Crippen molar-refractivity contribution in [2.24, 2.45) is 0 Å². The van der Waals surface area contributed by atoms with E-state index < -0.39 is 0 Å². The van der Waals surface area contributed by atoms with Gasteiger partial charge in [0, 0.05) is 18.8 Å². The summed E-state index contributed by atoms with van der Waals surface area (Å²) >= 11 is 0. The molecule has 0 unspecified atom stereocenters. The maximum Gasteiger partial charge on any atom is 0.248 e. The molecule has 1 amide bonds. The summed E-state index contributed by atoms with van der Waals surface area (Å²) in [7, 11) is 0. The van der Waals surface area contributed by atoms with E-state index in [1.54, 1.807) is 0 Å². The van der Waals surface area contributed by atoms with Gasteiger partial charge in [0.25, 0.3) is 0 Å². The number of benzene rings is 2. The monoisotopic (exact) mass is 278 g/mol. The summed E-state index contributed by atoms with van der Waals surface area (Å²) in [5, 5.41) is 0. The molecule has 2 aliphatic rings. The molecule has 1 fully saturated rings. The third-order valence-corrected chi connectivity index (χ3v) is 4.52. The van der Waals surface area contributed by atoms with Crippen molar-refractivity contribution < 1.29 is 4.79 Å². The Bertz CT molecular complexity index is 683. The van der Waals surface area contributed by atoms with Crippen LogP contribution in [0.5, 0.6) is 0 Å². The van der Waals surface area contributed by atoms with Gasteiger partial charge in [0.1, 0.15) is 6.04 Å². The van der Waals surface area contributed by atoms with Crippen molar-refractivity contribution >= 4 is 11.6 Å². The Hall–Kier alpha value is -2.29. The third-order valence-electron chi connectivity index (χ3n) is 4.52. The SMILES string of the molecule is C[C@@H]1[C@H]2C(=O)N(Cc3ccccc3)Cc3ccccc3N12. The summed E-state index contributed by atoms with van der Waals surface area (Å²) < 4.78 is 0. The summed E-state index contributed by atoms with van der Waals surface area (Å²) in [6.07, 6.45) is 0. The number of fused-ring (bicyclic) bond motifs is 3. The van der Waals surface area contributed by atoms with Gasteiger partial charge in [-0.15, -0.1) is 0 Å². The van der Waals surface area contributed by atoms with Crippen molar-refractivity contribution in [3.05, 3.63) is 65.7 Å². The number of anilines is 1. The Labute approximate surface area is 124 Å². The van der Waals surface area contributed by atoms with Crippen LogP contribution in [0.15, 0.2) is 54.6 Å². The third kappa shape index (κ3) is 2.00. The Balaban J connectivity index is 1.68. The number of carbonyl (C=O) groups is 1. The molecule has 106 valence electrons. The highest BCUT2D eigenvalue weighted by molar-refractivity contribution is 5.94. The highest BCUT2D eigenvalue weighted by Gasteiger charge is 2.53. The van der Waals surface area contributed by atoms with Gasteiger partial charge in [0.05, 0.1) is 6.04 Å². The minimum Gasteiger partial charge on any atom is -0.352 e. The van der Waals surface area contributed by atoms with Crippen LogP contribution < -0.4 is 4.90 Å². The zero-order chi connectivity index (χ0) is 14.4. The van der Waals surface area contributed by atoms with E-state index in [1.807, 2.05) is 23.1 Å². The molecule has 0 bridgehead atoms. The van der Waals surface area contributed by atoms with Gasteiger partial charge in [0.2, 0.25) is 5.91 Å². The smallest absolute Gasteiger partial charge is 0.248 e. The predicted octanol–water partition coefficient (Wildman–Crippen LogP) is 2.81. The fourth-order valence-corrected chi connectivity index (χ4v) is 3.35. The minimum absolute atomic E-state index is 0.0253. The van der Waals surface area contributed by atoms with Crippen molar-refractivity contribution in [2.75, 3.05) is 4.90 Å². The molecular formula is C18H18N2O. The van der Waals surface area contributed by atoms with Gasteiger partial charge in [-0.2, -0.15) is 0 Å². The van der Waals surface area contributed by atoms with Gasteiger partial charge in [-0.3, -0.25) is 4.79 Å².